The summed E-state index contributed by atoms with van der Waals surface area (Å²) >= 11 is 0. The van der Waals surface area contributed by atoms with Crippen molar-refractivity contribution in [1.29, 1.82) is 0 Å². The third kappa shape index (κ3) is 2.20. The highest BCUT2D eigenvalue weighted by atomic mass is 16.4. The Morgan fingerprint density at radius 3 is 2.89 bits per heavy atom. The highest BCUT2D eigenvalue weighted by Crippen LogP contribution is 2.20. The zero-order valence-corrected chi connectivity index (χ0v) is 10.3. The van der Waals surface area contributed by atoms with Gasteiger partial charge in [-0.05, 0) is 19.9 Å². The minimum Gasteiger partial charge on any atom is -0.464 e. The van der Waals surface area contributed by atoms with Crippen LogP contribution in [0.3, 0.4) is 0 Å². The van der Waals surface area contributed by atoms with E-state index >= 15 is 0 Å². The van der Waals surface area contributed by atoms with Gasteiger partial charge in [-0.15, -0.1) is 0 Å². The molecule has 0 aliphatic heterocycles. The van der Waals surface area contributed by atoms with Crippen LogP contribution in [0.5, 0.6) is 0 Å². The Morgan fingerprint density at radius 2 is 2.22 bits per heavy atom. The van der Waals surface area contributed by atoms with Crippen molar-refractivity contribution in [3.8, 4) is 0 Å². The second-order valence-electron chi connectivity index (χ2n) is 3.95. The second kappa shape index (κ2) is 4.91. The van der Waals surface area contributed by atoms with Crippen molar-refractivity contribution < 1.29 is 9.90 Å². The summed E-state index contributed by atoms with van der Waals surface area (Å²) in [5.74, 6) is 0. The number of aromatic amines is 1. The van der Waals surface area contributed by atoms with Crippen LogP contribution in [0.1, 0.15) is 18.2 Å². The van der Waals surface area contributed by atoms with E-state index in [4.69, 9.17) is 5.11 Å². The molecule has 5 heteroatoms. The number of fused-ring (bicyclic) bond motifs is 1. The summed E-state index contributed by atoms with van der Waals surface area (Å²) < 4.78 is 0. The van der Waals surface area contributed by atoms with Gasteiger partial charge in [-0.2, -0.15) is 10.1 Å². The normalized spacial score (nSPS) is 11.2. The Hall–Kier alpha value is -2.30. The van der Waals surface area contributed by atoms with Crippen molar-refractivity contribution in [1.82, 2.24) is 9.99 Å². The van der Waals surface area contributed by atoms with E-state index in [0.717, 1.165) is 27.2 Å². The average molecular weight is 245 g/mol. The lowest BCUT2D eigenvalue weighted by Crippen LogP contribution is -2.23. The molecule has 0 saturated heterocycles. The molecule has 2 N–H and O–H groups in total. The van der Waals surface area contributed by atoms with Gasteiger partial charge in [0.15, 0.2) is 0 Å². The second-order valence-corrected chi connectivity index (χ2v) is 3.95. The summed E-state index contributed by atoms with van der Waals surface area (Å²) in [5.41, 5.74) is 2.92. The largest absolute Gasteiger partial charge is 0.464 e. The van der Waals surface area contributed by atoms with Crippen LogP contribution in [0.4, 0.5) is 4.79 Å². The monoisotopic (exact) mass is 245 g/mol. The molecule has 2 rings (SSSR count). The van der Waals surface area contributed by atoms with Gasteiger partial charge in [-0.1, -0.05) is 18.2 Å². The summed E-state index contributed by atoms with van der Waals surface area (Å²) in [5, 5.41) is 14.9. The Kier molecular flexibility index (Phi) is 3.32. The van der Waals surface area contributed by atoms with Gasteiger partial charge in [0.25, 0.3) is 0 Å². The van der Waals surface area contributed by atoms with E-state index in [-0.39, 0.29) is 0 Å². The fraction of sp³-hybridized carbons (Fsp3) is 0.231. The van der Waals surface area contributed by atoms with Gasteiger partial charge in [-0.3, -0.25) is 0 Å². The van der Waals surface area contributed by atoms with Gasteiger partial charge >= 0.3 is 6.09 Å². The smallest absolute Gasteiger partial charge is 0.427 e. The first-order valence-corrected chi connectivity index (χ1v) is 5.75. The maximum atomic E-state index is 10.8. The van der Waals surface area contributed by atoms with Crippen LogP contribution < -0.4 is 0 Å². The molecule has 0 radical (unpaired) electrons. The zero-order valence-electron chi connectivity index (χ0n) is 10.3. The van der Waals surface area contributed by atoms with Gasteiger partial charge < -0.3 is 10.1 Å². The van der Waals surface area contributed by atoms with E-state index in [9.17, 15) is 4.79 Å². The molecule has 0 fully saturated rings. The summed E-state index contributed by atoms with van der Waals surface area (Å²) in [6.07, 6.45) is 0.539. The Balaban J connectivity index is 2.39. The Bertz CT molecular complexity index is 601. The predicted molar refractivity (Wildman–Crippen MR) is 71.0 cm³/mol. The van der Waals surface area contributed by atoms with Crippen LogP contribution in [0.2, 0.25) is 0 Å². The number of nitrogens with zero attached hydrogens (tertiary/aromatic N) is 2. The molecule has 0 bridgehead atoms. The molecule has 94 valence electrons. The lowest BCUT2D eigenvalue weighted by Gasteiger charge is -2.08. The minimum absolute atomic E-state index is 0.327. The molecule has 0 aliphatic carbocycles. The predicted octanol–water partition coefficient (Wildman–Crippen LogP) is 2.81. The number of H-pyrrole nitrogens is 1. The number of carboxylic acid groups (broad SMARTS) is 1. The van der Waals surface area contributed by atoms with Crippen LogP contribution in [0, 0.1) is 6.92 Å². The van der Waals surface area contributed by atoms with Crippen molar-refractivity contribution in [2.75, 3.05) is 6.54 Å². The average Bonchev–Trinajstić information content (AvgIpc) is 2.66. The first kappa shape index (κ1) is 12.2. The van der Waals surface area contributed by atoms with Crippen LogP contribution >= 0.6 is 0 Å². The Morgan fingerprint density at radius 1 is 1.50 bits per heavy atom. The van der Waals surface area contributed by atoms with Crippen molar-refractivity contribution in [2.45, 2.75) is 13.8 Å². The number of benzene rings is 1. The van der Waals surface area contributed by atoms with Crippen LogP contribution in [-0.2, 0) is 0 Å². The summed E-state index contributed by atoms with van der Waals surface area (Å²) in [6, 6.07) is 7.86. The van der Waals surface area contributed by atoms with Gasteiger partial charge in [0.05, 0.1) is 6.21 Å². The summed E-state index contributed by atoms with van der Waals surface area (Å²) in [6.45, 7) is 4.01. The molecular formula is C13H15N3O2. The van der Waals surface area contributed by atoms with Crippen molar-refractivity contribution >= 4 is 23.2 Å². The number of hydrazone groups is 1. The van der Waals surface area contributed by atoms with Gasteiger partial charge in [0.2, 0.25) is 0 Å². The maximum Gasteiger partial charge on any atom is 0.427 e. The number of aromatic nitrogens is 1. The molecule has 5 nitrogen and oxygen atoms in total. The molecule has 1 heterocycles. The molecule has 0 spiro atoms. The van der Waals surface area contributed by atoms with Crippen molar-refractivity contribution in [3.05, 3.63) is 35.5 Å². The van der Waals surface area contributed by atoms with Crippen molar-refractivity contribution in [2.24, 2.45) is 5.10 Å². The van der Waals surface area contributed by atoms with E-state index < -0.39 is 6.09 Å². The van der Waals surface area contributed by atoms with Crippen LogP contribution in [-0.4, -0.2) is 34.0 Å². The summed E-state index contributed by atoms with van der Waals surface area (Å²) in [7, 11) is 0. The van der Waals surface area contributed by atoms with Gasteiger partial charge in [-0.25, -0.2) is 4.79 Å². The number of aryl methyl sites for hydroxylation is 1. The first-order valence-electron chi connectivity index (χ1n) is 5.75. The third-order valence-electron chi connectivity index (χ3n) is 2.79. The number of carbonyl (C=O) groups is 1. The molecule has 1 amide bonds. The fourth-order valence-corrected chi connectivity index (χ4v) is 1.86. The molecule has 0 unspecified atom stereocenters. The van der Waals surface area contributed by atoms with E-state index in [1.54, 1.807) is 13.1 Å². The standard InChI is InChI=1S/C13H15N3O2/c1-3-16(13(17)18)14-8-11-9(2)15-12-7-5-4-6-10(11)12/h4-8,15H,3H2,1-2H3,(H,17,18). The van der Waals surface area contributed by atoms with E-state index in [0.29, 0.717) is 6.54 Å². The highest BCUT2D eigenvalue weighted by Gasteiger charge is 2.08. The van der Waals surface area contributed by atoms with E-state index in [2.05, 4.69) is 10.1 Å². The number of rotatable bonds is 3. The van der Waals surface area contributed by atoms with Crippen LogP contribution in [0.15, 0.2) is 29.4 Å². The van der Waals surface area contributed by atoms with Gasteiger partial charge in [0, 0.05) is 28.7 Å². The topological polar surface area (TPSA) is 68.7 Å². The molecule has 18 heavy (non-hydrogen) atoms. The SMILES string of the molecule is CCN(N=Cc1c(C)[nH]c2ccccc12)C(=O)O. The quantitative estimate of drug-likeness (QED) is 0.645. The lowest BCUT2D eigenvalue weighted by molar-refractivity contribution is 0.150. The molecule has 0 saturated carbocycles. The number of nitrogens with one attached hydrogen (secondary N) is 1. The summed E-state index contributed by atoms with van der Waals surface area (Å²) in [4.78, 5) is 14.1. The Labute approximate surface area is 105 Å². The lowest BCUT2D eigenvalue weighted by atomic mass is 10.1. The molecule has 1 aromatic carbocycles. The van der Waals surface area contributed by atoms with E-state index in [1.807, 2.05) is 31.2 Å². The number of hydrogen-bond donors (Lipinski definition) is 2. The number of para-hydroxylation sites is 1. The van der Waals surface area contributed by atoms with Crippen LogP contribution in [0.25, 0.3) is 10.9 Å². The zero-order chi connectivity index (χ0) is 13.1. The maximum absolute atomic E-state index is 10.8. The fourth-order valence-electron chi connectivity index (χ4n) is 1.86. The molecule has 1 aromatic heterocycles. The number of amides is 1. The van der Waals surface area contributed by atoms with Crippen molar-refractivity contribution in [3.63, 3.8) is 0 Å². The molecular weight excluding hydrogens is 230 g/mol. The molecule has 0 atom stereocenters. The first-order chi connectivity index (χ1) is 8.63. The number of hydrogen-bond acceptors (Lipinski definition) is 2. The third-order valence-corrected chi connectivity index (χ3v) is 2.79. The molecule has 2 aromatic rings. The highest BCUT2D eigenvalue weighted by molar-refractivity contribution is 6.00. The minimum atomic E-state index is -1.05. The van der Waals surface area contributed by atoms with Gasteiger partial charge in [0.1, 0.15) is 0 Å². The molecule has 0 aliphatic rings. The van der Waals surface area contributed by atoms with E-state index in [1.165, 1.54) is 0 Å².